The van der Waals surface area contributed by atoms with Crippen molar-refractivity contribution in [1.82, 2.24) is 0 Å². The van der Waals surface area contributed by atoms with Gasteiger partial charge >= 0.3 is 0 Å². The van der Waals surface area contributed by atoms with E-state index in [4.69, 9.17) is 10.2 Å². The maximum absolute atomic E-state index is 7.12. The topological polar surface area (TPSA) is 45.6 Å². The van der Waals surface area contributed by atoms with Crippen LogP contribution in [0.4, 0.5) is 34.1 Å². The number of fused-ring (bicyclic) bond motifs is 7. The number of para-hydroxylation sites is 2. The van der Waals surface area contributed by atoms with Gasteiger partial charge < -0.3 is 20.0 Å². The van der Waals surface area contributed by atoms with E-state index in [1.54, 1.807) is 12.3 Å². The van der Waals surface area contributed by atoms with Gasteiger partial charge in [-0.3, -0.25) is 0 Å². The molecule has 0 saturated heterocycles. The van der Waals surface area contributed by atoms with Crippen molar-refractivity contribution in [3.63, 3.8) is 0 Å². The standard InChI is InChI=1S/C56H41N3O/c1-2-18-39(33-34-57)41-21-16-27-45(35-41)58(43-23-8-4-9-24-43)51-37-53-55(49-31-14-12-29-47(49)51)56-50-32-15-13-30-48(50)52(38-54(56)60-53)59(44-25-10-5-11-26-44)46-28-17-22-42(36-46)40-19-6-3-7-20-40/h2-38H,1,57H2/b34-33+,39-18+. The molecule has 0 spiro atoms. The van der Waals surface area contributed by atoms with Crippen molar-refractivity contribution in [2.45, 2.75) is 0 Å². The average molecular weight is 772 g/mol. The summed E-state index contributed by atoms with van der Waals surface area (Å²) in [6, 6.07) is 70.8. The van der Waals surface area contributed by atoms with E-state index in [1.165, 1.54) is 5.56 Å². The average Bonchev–Trinajstić information content (AvgIpc) is 3.69. The van der Waals surface area contributed by atoms with Crippen molar-refractivity contribution in [2.24, 2.45) is 5.73 Å². The largest absolute Gasteiger partial charge is 0.456 e. The molecule has 1 aromatic heterocycles. The van der Waals surface area contributed by atoms with Crippen molar-refractivity contribution in [3.05, 3.63) is 237 Å². The van der Waals surface area contributed by atoms with Gasteiger partial charge in [0.05, 0.1) is 11.4 Å². The first-order valence-corrected chi connectivity index (χ1v) is 20.2. The predicted molar refractivity (Wildman–Crippen MR) is 255 cm³/mol. The lowest BCUT2D eigenvalue weighted by Gasteiger charge is -2.27. The highest BCUT2D eigenvalue weighted by Crippen LogP contribution is 2.49. The quantitative estimate of drug-likeness (QED) is 0.141. The zero-order chi connectivity index (χ0) is 40.4. The molecule has 0 bridgehead atoms. The number of rotatable bonds is 10. The van der Waals surface area contributed by atoms with E-state index in [1.807, 2.05) is 12.2 Å². The Labute approximate surface area is 349 Å². The number of nitrogens with zero attached hydrogens (tertiary/aromatic N) is 2. The SMILES string of the molecule is C=C/C=C(\C=C\N)c1cccc(N(c2ccccc2)c2cc3oc4cc(N(c5ccccc5)c5cccc(-c6ccccc6)c5)c5ccccc5c4c3c3ccccc23)c1. The Morgan fingerprint density at radius 1 is 0.450 bits per heavy atom. The maximum atomic E-state index is 7.12. The lowest BCUT2D eigenvalue weighted by molar-refractivity contribution is 0.669. The molecule has 4 heteroatoms. The number of allylic oxidation sites excluding steroid dienone is 4. The summed E-state index contributed by atoms with van der Waals surface area (Å²) in [5, 5.41) is 6.68. The van der Waals surface area contributed by atoms with Crippen LogP contribution >= 0.6 is 0 Å². The van der Waals surface area contributed by atoms with E-state index in [2.05, 4.69) is 217 Å². The Kier molecular flexibility index (Phi) is 9.49. The molecule has 0 aliphatic heterocycles. The van der Waals surface area contributed by atoms with Crippen LogP contribution in [0, 0.1) is 0 Å². The second-order valence-electron chi connectivity index (χ2n) is 14.8. The first kappa shape index (κ1) is 36.3. The molecular formula is C56H41N3O. The summed E-state index contributed by atoms with van der Waals surface area (Å²) in [6.45, 7) is 3.95. The molecule has 2 N–H and O–H groups in total. The van der Waals surface area contributed by atoms with Gasteiger partial charge in [-0.1, -0.05) is 158 Å². The normalized spacial score (nSPS) is 11.8. The minimum Gasteiger partial charge on any atom is -0.456 e. The summed E-state index contributed by atoms with van der Waals surface area (Å²) >= 11 is 0. The second-order valence-corrected chi connectivity index (χ2v) is 14.8. The summed E-state index contributed by atoms with van der Waals surface area (Å²) in [4.78, 5) is 4.67. The molecule has 9 aromatic carbocycles. The molecule has 60 heavy (non-hydrogen) atoms. The highest BCUT2D eigenvalue weighted by atomic mass is 16.3. The fraction of sp³-hybridized carbons (Fsp3) is 0. The summed E-state index contributed by atoms with van der Waals surface area (Å²) in [7, 11) is 0. The zero-order valence-corrected chi connectivity index (χ0v) is 32.9. The van der Waals surface area contributed by atoms with Gasteiger partial charge in [-0.2, -0.15) is 0 Å². The van der Waals surface area contributed by atoms with Crippen molar-refractivity contribution in [2.75, 3.05) is 9.80 Å². The van der Waals surface area contributed by atoms with Gasteiger partial charge in [-0.05, 0) is 93.8 Å². The molecule has 0 aliphatic rings. The van der Waals surface area contributed by atoms with Crippen molar-refractivity contribution in [3.8, 4) is 11.1 Å². The van der Waals surface area contributed by atoms with Gasteiger partial charge in [0.1, 0.15) is 11.2 Å². The second kappa shape index (κ2) is 15.7. The van der Waals surface area contributed by atoms with Crippen LogP contribution in [0.15, 0.2) is 236 Å². The first-order chi connectivity index (χ1) is 29.7. The lowest BCUT2D eigenvalue weighted by Crippen LogP contribution is -2.11. The van der Waals surface area contributed by atoms with E-state index >= 15 is 0 Å². The number of hydrogen-bond acceptors (Lipinski definition) is 4. The van der Waals surface area contributed by atoms with Gasteiger partial charge in [-0.25, -0.2) is 0 Å². The Morgan fingerprint density at radius 3 is 1.43 bits per heavy atom. The number of nitrogens with two attached hydrogens (primary N) is 1. The van der Waals surface area contributed by atoms with Gasteiger partial charge in [0, 0.05) is 56.4 Å². The molecule has 4 nitrogen and oxygen atoms in total. The monoisotopic (exact) mass is 771 g/mol. The molecule has 0 radical (unpaired) electrons. The Hall–Kier alpha value is -8.08. The van der Waals surface area contributed by atoms with Crippen LogP contribution < -0.4 is 15.5 Å². The van der Waals surface area contributed by atoms with Crippen LogP contribution in [0.25, 0.3) is 60.2 Å². The molecule has 1 heterocycles. The molecule has 0 unspecified atom stereocenters. The molecule has 0 fully saturated rings. The third-order valence-electron chi connectivity index (χ3n) is 11.2. The number of furan rings is 1. The van der Waals surface area contributed by atoms with Gasteiger partial charge in [0.15, 0.2) is 0 Å². The molecule has 0 amide bonds. The van der Waals surface area contributed by atoms with E-state index in [0.717, 1.165) is 94.3 Å². The molecule has 0 atom stereocenters. The predicted octanol–water partition coefficient (Wildman–Crippen LogP) is 15.5. The summed E-state index contributed by atoms with van der Waals surface area (Å²) in [6.07, 6.45) is 7.23. The highest BCUT2D eigenvalue weighted by Gasteiger charge is 2.24. The molecule has 286 valence electrons. The third kappa shape index (κ3) is 6.47. The molecule has 0 aliphatic carbocycles. The first-order valence-electron chi connectivity index (χ1n) is 20.2. The summed E-state index contributed by atoms with van der Waals surface area (Å²) in [5.74, 6) is 0. The van der Waals surface area contributed by atoms with Crippen molar-refractivity contribution < 1.29 is 4.42 Å². The van der Waals surface area contributed by atoms with Crippen LogP contribution in [-0.4, -0.2) is 0 Å². The minimum absolute atomic E-state index is 0.814. The van der Waals surface area contributed by atoms with E-state index in [-0.39, 0.29) is 0 Å². The van der Waals surface area contributed by atoms with Crippen LogP contribution in [0.5, 0.6) is 0 Å². The van der Waals surface area contributed by atoms with Crippen LogP contribution in [0.2, 0.25) is 0 Å². The Morgan fingerprint density at radius 2 is 0.900 bits per heavy atom. The Balaban J connectivity index is 1.23. The third-order valence-corrected chi connectivity index (χ3v) is 11.2. The summed E-state index contributed by atoms with van der Waals surface area (Å²) < 4.78 is 7.12. The number of benzene rings is 9. The van der Waals surface area contributed by atoms with Gasteiger partial charge in [0.2, 0.25) is 0 Å². The van der Waals surface area contributed by atoms with Crippen LogP contribution in [0.1, 0.15) is 5.56 Å². The smallest absolute Gasteiger partial charge is 0.138 e. The van der Waals surface area contributed by atoms with Gasteiger partial charge in [0.25, 0.3) is 0 Å². The molecular weight excluding hydrogens is 731 g/mol. The Bertz CT molecular complexity index is 3240. The maximum Gasteiger partial charge on any atom is 0.138 e. The fourth-order valence-electron chi connectivity index (χ4n) is 8.59. The van der Waals surface area contributed by atoms with Crippen molar-refractivity contribution in [1.29, 1.82) is 0 Å². The zero-order valence-electron chi connectivity index (χ0n) is 32.9. The van der Waals surface area contributed by atoms with E-state index in [9.17, 15) is 0 Å². The lowest BCUT2D eigenvalue weighted by atomic mass is 9.96. The minimum atomic E-state index is 0.814. The van der Waals surface area contributed by atoms with Crippen LogP contribution in [0.3, 0.4) is 0 Å². The fourth-order valence-corrected chi connectivity index (χ4v) is 8.59. The van der Waals surface area contributed by atoms with Crippen LogP contribution in [-0.2, 0) is 0 Å². The highest BCUT2D eigenvalue weighted by molar-refractivity contribution is 6.30. The van der Waals surface area contributed by atoms with Gasteiger partial charge in [-0.15, -0.1) is 0 Å². The van der Waals surface area contributed by atoms with E-state index in [0.29, 0.717) is 0 Å². The molecule has 10 rings (SSSR count). The van der Waals surface area contributed by atoms with Crippen molar-refractivity contribution >= 4 is 83.2 Å². The molecule has 0 saturated carbocycles. The number of anilines is 6. The number of hydrogen-bond donors (Lipinski definition) is 1. The molecule has 10 aromatic rings. The summed E-state index contributed by atoms with van der Waals surface area (Å²) in [5.41, 5.74) is 18.1. The van der Waals surface area contributed by atoms with E-state index < -0.39 is 0 Å².